The predicted molar refractivity (Wildman–Crippen MR) is 88.4 cm³/mol. The van der Waals surface area contributed by atoms with E-state index in [0.29, 0.717) is 6.54 Å². The molecule has 0 atom stereocenters. The van der Waals surface area contributed by atoms with Crippen molar-refractivity contribution < 1.29 is 19.1 Å². The average molecular weight is 324 g/mol. The van der Waals surface area contributed by atoms with Gasteiger partial charge in [-0.1, -0.05) is 19.8 Å². The fourth-order valence-electron chi connectivity index (χ4n) is 1.88. The molecule has 0 heterocycles. The standard InChI is InChI=1S/C17H28N2O4/c1-8-9-18(12-16(22)23-17(5,6)7)15(21)11-19(14(4)20)10-13(2)3/h1,13H,9-12H2,2-7H3. The summed E-state index contributed by atoms with van der Waals surface area (Å²) in [6, 6.07) is 0. The Morgan fingerprint density at radius 2 is 1.70 bits per heavy atom. The van der Waals surface area contributed by atoms with Crippen LogP contribution in [0.3, 0.4) is 0 Å². The van der Waals surface area contributed by atoms with E-state index in [9.17, 15) is 14.4 Å². The molecule has 0 aliphatic carbocycles. The molecule has 0 saturated carbocycles. The minimum Gasteiger partial charge on any atom is -0.459 e. The first-order chi connectivity index (χ1) is 10.5. The molecule has 0 aliphatic heterocycles. The van der Waals surface area contributed by atoms with Crippen molar-refractivity contribution in [2.45, 2.75) is 47.1 Å². The molecule has 2 amide bonds. The largest absolute Gasteiger partial charge is 0.459 e. The molecule has 0 rings (SSSR count). The number of rotatable bonds is 7. The maximum absolute atomic E-state index is 12.4. The molecule has 0 unspecified atom stereocenters. The Labute approximate surface area is 139 Å². The van der Waals surface area contributed by atoms with Crippen LogP contribution in [0.5, 0.6) is 0 Å². The van der Waals surface area contributed by atoms with Crippen molar-refractivity contribution >= 4 is 17.8 Å². The number of carbonyl (C=O) groups excluding carboxylic acids is 3. The van der Waals surface area contributed by atoms with Crippen LogP contribution in [0, 0.1) is 18.3 Å². The molecule has 0 N–H and O–H groups in total. The SMILES string of the molecule is C#CCN(CC(=O)OC(C)(C)C)C(=O)CN(CC(C)C)C(C)=O. The van der Waals surface area contributed by atoms with Crippen LogP contribution in [0.15, 0.2) is 0 Å². The highest BCUT2D eigenvalue weighted by atomic mass is 16.6. The molecule has 0 bridgehead atoms. The van der Waals surface area contributed by atoms with E-state index >= 15 is 0 Å². The summed E-state index contributed by atoms with van der Waals surface area (Å²) < 4.78 is 5.20. The third-order valence-electron chi connectivity index (χ3n) is 2.73. The van der Waals surface area contributed by atoms with Crippen LogP contribution < -0.4 is 0 Å². The molecule has 23 heavy (non-hydrogen) atoms. The Morgan fingerprint density at radius 3 is 2.09 bits per heavy atom. The number of esters is 1. The Bertz CT molecular complexity index is 472. The van der Waals surface area contributed by atoms with Gasteiger partial charge in [0.1, 0.15) is 12.1 Å². The quantitative estimate of drug-likeness (QED) is 0.523. The Kier molecular flexibility index (Phi) is 8.38. The summed E-state index contributed by atoms with van der Waals surface area (Å²) in [5.41, 5.74) is -0.634. The molecule has 0 aromatic heterocycles. The average Bonchev–Trinajstić information content (AvgIpc) is 2.34. The van der Waals surface area contributed by atoms with Gasteiger partial charge < -0.3 is 14.5 Å². The van der Waals surface area contributed by atoms with Crippen LogP contribution in [0.2, 0.25) is 0 Å². The molecular formula is C17H28N2O4. The highest BCUT2D eigenvalue weighted by molar-refractivity contribution is 5.86. The van der Waals surface area contributed by atoms with E-state index in [1.807, 2.05) is 13.8 Å². The maximum atomic E-state index is 12.4. The van der Waals surface area contributed by atoms with Gasteiger partial charge in [-0.05, 0) is 26.7 Å². The molecule has 6 heteroatoms. The lowest BCUT2D eigenvalue weighted by Gasteiger charge is -2.27. The van der Waals surface area contributed by atoms with Crippen molar-refractivity contribution in [3.8, 4) is 12.3 Å². The normalized spacial score (nSPS) is 10.9. The minimum absolute atomic E-state index is 0.00843. The number of nitrogens with zero attached hydrogens (tertiary/aromatic N) is 2. The molecule has 6 nitrogen and oxygen atoms in total. The molecule has 0 radical (unpaired) electrons. The van der Waals surface area contributed by atoms with Crippen molar-refractivity contribution in [3.63, 3.8) is 0 Å². The fourth-order valence-corrected chi connectivity index (χ4v) is 1.88. The zero-order valence-electron chi connectivity index (χ0n) is 15.0. The zero-order valence-corrected chi connectivity index (χ0v) is 15.0. The van der Waals surface area contributed by atoms with Gasteiger partial charge in [0.25, 0.3) is 0 Å². The summed E-state index contributed by atoms with van der Waals surface area (Å²) in [5, 5.41) is 0. The maximum Gasteiger partial charge on any atom is 0.326 e. The first kappa shape index (κ1) is 21.0. The monoisotopic (exact) mass is 324 g/mol. The summed E-state index contributed by atoms with van der Waals surface area (Å²) in [6.45, 7) is 10.7. The highest BCUT2D eigenvalue weighted by Crippen LogP contribution is 2.08. The lowest BCUT2D eigenvalue weighted by atomic mass is 10.2. The van der Waals surface area contributed by atoms with E-state index in [2.05, 4.69) is 5.92 Å². The Balaban J connectivity index is 4.87. The number of terminal acetylenes is 1. The Morgan fingerprint density at radius 1 is 1.13 bits per heavy atom. The van der Waals surface area contributed by atoms with Crippen LogP contribution in [0.25, 0.3) is 0 Å². The fraction of sp³-hybridized carbons (Fsp3) is 0.706. The second kappa shape index (κ2) is 9.19. The number of amides is 2. The van der Waals surface area contributed by atoms with E-state index in [4.69, 9.17) is 11.2 Å². The van der Waals surface area contributed by atoms with Crippen LogP contribution in [-0.4, -0.2) is 59.4 Å². The predicted octanol–water partition coefficient (Wildman–Crippen LogP) is 1.29. The topological polar surface area (TPSA) is 66.9 Å². The second-order valence-electron chi connectivity index (χ2n) is 6.83. The molecular weight excluding hydrogens is 296 g/mol. The van der Waals surface area contributed by atoms with Crippen molar-refractivity contribution in [2.75, 3.05) is 26.2 Å². The molecule has 0 aromatic carbocycles. The van der Waals surface area contributed by atoms with Gasteiger partial charge in [-0.2, -0.15) is 0 Å². The van der Waals surface area contributed by atoms with Gasteiger partial charge in [-0.25, -0.2) is 0 Å². The van der Waals surface area contributed by atoms with Crippen molar-refractivity contribution in [1.29, 1.82) is 0 Å². The molecule has 0 aromatic rings. The number of hydrogen-bond acceptors (Lipinski definition) is 4. The van der Waals surface area contributed by atoms with E-state index in [1.54, 1.807) is 20.8 Å². The molecule has 0 fully saturated rings. The van der Waals surface area contributed by atoms with Gasteiger partial charge in [0.15, 0.2) is 0 Å². The van der Waals surface area contributed by atoms with E-state index < -0.39 is 11.6 Å². The van der Waals surface area contributed by atoms with Gasteiger partial charge in [0.05, 0.1) is 13.1 Å². The summed E-state index contributed by atoms with van der Waals surface area (Å²) in [6.07, 6.45) is 5.26. The van der Waals surface area contributed by atoms with Crippen LogP contribution in [0.1, 0.15) is 41.5 Å². The number of ether oxygens (including phenoxy) is 1. The van der Waals surface area contributed by atoms with E-state index in [-0.39, 0.29) is 37.4 Å². The smallest absolute Gasteiger partial charge is 0.326 e. The summed E-state index contributed by atoms with van der Waals surface area (Å²) in [7, 11) is 0. The molecule has 0 spiro atoms. The van der Waals surface area contributed by atoms with Gasteiger partial charge >= 0.3 is 5.97 Å². The van der Waals surface area contributed by atoms with Crippen molar-refractivity contribution in [3.05, 3.63) is 0 Å². The second-order valence-corrected chi connectivity index (χ2v) is 6.83. The van der Waals surface area contributed by atoms with Gasteiger partial charge in [0, 0.05) is 13.5 Å². The molecule has 130 valence electrons. The van der Waals surface area contributed by atoms with Crippen molar-refractivity contribution in [1.82, 2.24) is 9.80 Å². The van der Waals surface area contributed by atoms with Crippen molar-refractivity contribution in [2.24, 2.45) is 5.92 Å². The minimum atomic E-state index is -0.634. The van der Waals surface area contributed by atoms with E-state index in [0.717, 1.165) is 0 Å². The summed E-state index contributed by atoms with van der Waals surface area (Å²) in [5.74, 6) is 1.50. The lowest BCUT2D eigenvalue weighted by Crippen LogP contribution is -2.46. The highest BCUT2D eigenvalue weighted by Gasteiger charge is 2.24. The van der Waals surface area contributed by atoms with E-state index in [1.165, 1.54) is 16.7 Å². The number of hydrogen-bond donors (Lipinski definition) is 0. The molecule has 0 aliphatic rings. The zero-order chi connectivity index (χ0) is 18.2. The van der Waals surface area contributed by atoms with Gasteiger partial charge in [0.2, 0.25) is 11.8 Å². The van der Waals surface area contributed by atoms with Crippen LogP contribution in [0.4, 0.5) is 0 Å². The Hall–Kier alpha value is -2.03. The van der Waals surface area contributed by atoms with Gasteiger partial charge in [-0.15, -0.1) is 6.42 Å². The molecule has 0 saturated heterocycles. The summed E-state index contributed by atoms with van der Waals surface area (Å²) >= 11 is 0. The van der Waals surface area contributed by atoms with Gasteiger partial charge in [-0.3, -0.25) is 14.4 Å². The van der Waals surface area contributed by atoms with Crippen LogP contribution in [-0.2, 0) is 19.1 Å². The third kappa shape index (κ3) is 9.56. The first-order valence-corrected chi connectivity index (χ1v) is 7.65. The number of carbonyl (C=O) groups is 3. The first-order valence-electron chi connectivity index (χ1n) is 7.65. The van der Waals surface area contributed by atoms with Crippen LogP contribution >= 0.6 is 0 Å². The third-order valence-corrected chi connectivity index (χ3v) is 2.73. The lowest BCUT2D eigenvalue weighted by molar-refractivity contribution is -0.158. The summed E-state index contributed by atoms with van der Waals surface area (Å²) in [4.78, 5) is 38.5.